The van der Waals surface area contributed by atoms with Crippen LogP contribution in [0.2, 0.25) is 5.02 Å². The molecule has 0 radical (unpaired) electrons. The number of hydrogen-bond donors (Lipinski definition) is 1. The quantitative estimate of drug-likeness (QED) is 0.859. The standard InChI is InChI=1S/C21H25ClN2O2/c1-24(14-18-12-19(22)9-10-20(18)26-2)21(25)16-7-5-15(6-8-16)17-4-3-11-23-13-17/h5-10,12,17,23H,3-4,11,13-14H2,1-2H3. The van der Waals surface area contributed by atoms with Crippen molar-refractivity contribution in [2.24, 2.45) is 0 Å². The van der Waals surface area contributed by atoms with E-state index in [1.807, 2.05) is 24.3 Å². The number of hydrogen-bond acceptors (Lipinski definition) is 3. The van der Waals surface area contributed by atoms with Gasteiger partial charge in [0.25, 0.3) is 5.91 Å². The van der Waals surface area contributed by atoms with E-state index in [1.54, 1.807) is 25.1 Å². The van der Waals surface area contributed by atoms with Crippen molar-refractivity contribution in [3.8, 4) is 5.75 Å². The van der Waals surface area contributed by atoms with Crippen molar-refractivity contribution in [2.45, 2.75) is 25.3 Å². The van der Waals surface area contributed by atoms with Crippen LogP contribution in [-0.4, -0.2) is 38.1 Å². The third-order valence-electron chi connectivity index (χ3n) is 4.92. The monoisotopic (exact) mass is 372 g/mol. The predicted molar refractivity (Wildman–Crippen MR) is 105 cm³/mol. The maximum atomic E-state index is 12.8. The zero-order valence-corrected chi connectivity index (χ0v) is 16.1. The summed E-state index contributed by atoms with van der Waals surface area (Å²) in [6.07, 6.45) is 2.41. The molecule has 1 atom stereocenters. The van der Waals surface area contributed by atoms with Crippen LogP contribution in [0.5, 0.6) is 5.75 Å². The second-order valence-electron chi connectivity index (χ2n) is 6.78. The van der Waals surface area contributed by atoms with E-state index in [0.717, 1.165) is 24.4 Å². The molecule has 138 valence electrons. The Bertz CT molecular complexity index is 755. The van der Waals surface area contributed by atoms with E-state index in [4.69, 9.17) is 16.3 Å². The van der Waals surface area contributed by atoms with Crippen LogP contribution in [0.15, 0.2) is 42.5 Å². The Labute approximate surface area is 160 Å². The molecule has 1 amide bonds. The van der Waals surface area contributed by atoms with Crippen molar-refractivity contribution in [1.29, 1.82) is 0 Å². The molecule has 5 heteroatoms. The molecule has 1 aliphatic heterocycles. The van der Waals surface area contributed by atoms with Gasteiger partial charge in [0.15, 0.2) is 0 Å². The highest BCUT2D eigenvalue weighted by atomic mass is 35.5. The van der Waals surface area contributed by atoms with Crippen LogP contribution in [0.25, 0.3) is 0 Å². The maximum Gasteiger partial charge on any atom is 0.253 e. The number of ether oxygens (including phenoxy) is 1. The average molecular weight is 373 g/mol. The fourth-order valence-corrected chi connectivity index (χ4v) is 3.65. The van der Waals surface area contributed by atoms with Gasteiger partial charge in [-0.3, -0.25) is 4.79 Å². The van der Waals surface area contributed by atoms with Crippen molar-refractivity contribution in [3.63, 3.8) is 0 Å². The first-order chi connectivity index (χ1) is 12.6. The minimum Gasteiger partial charge on any atom is -0.496 e. The minimum absolute atomic E-state index is 0.0136. The van der Waals surface area contributed by atoms with E-state index in [2.05, 4.69) is 17.4 Å². The molecule has 0 aliphatic carbocycles. The SMILES string of the molecule is COc1ccc(Cl)cc1CN(C)C(=O)c1ccc(C2CCCNC2)cc1. The molecular formula is C21H25ClN2O2. The van der Waals surface area contributed by atoms with Gasteiger partial charge in [-0.25, -0.2) is 0 Å². The molecule has 0 spiro atoms. The molecule has 0 aromatic heterocycles. The van der Waals surface area contributed by atoms with Gasteiger partial charge in [-0.05, 0) is 61.2 Å². The molecule has 26 heavy (non-hydrogen) atoms. The Morgan fingerprint density at radius 3 is 2.69 bits per heavy atom. The molecule has 1 aliphatic rings. The Morgan fingerprint density at radius 1 is 1.27 bits per heavy atom. The van der Waals surface area contributed by atoms with Gasteiger partial charge in [-0.1, -0.05) is 23.7 Å². The molecule has 1 unspecified atom stereocenters. The first kappa shape index (κ1) is 18.7. The van der Waals surface area contributed by atoms with Crippen LogP contribution in [-0.2, 0) is 6.54 Å². The minimum atomic E-state index is -0.0136. The second kappa shape index (κ2) is 8.56. The van der Waals surface area contributed by atoms with Crippen LogP contribution in [0.3, 0.4) is 0 Å². The van der Waals surface area contributed by atoms with Gasteiger partial charge in [0.2, 0.25) is 0 Å². The molecule has 2 aromatic carbocycles. The van der Waals surface area contributed by atoms with Crippen molar-refractivity contribution in [2.75, 3.05) is 27.2 Å². The Balaban J connectivity index is 1.69. The number of amides is 1. The van der Waals surface area contributed by atoms with Crippen LogP contribution < -0.4 is 10.1 Å². The zero-order valence-electron chi connectivity index (χ0n) is 15.3. The first-order valence-corrected chi connectivity index (χ1v) is 9.35. The zero-order chi connectivity index (χ0) is 18.5. The van der Waals surface area contributed by atoms with Gasteiger partial charge in [-0.15, -0.1) is 0 Å². The highest BCUT2D eigenvalue weighted by Crippen LogP contribution is 2.25. The Kier molecular flexibility index (Phi) is 6.17. The van der Waals surface area contributed by atoms with E-state index in [0.29, 0.717) is 23.0 Å². The molecule has 1 N–H and O–H groups in total. The van der Waals surface area contributed by atoms with Crippen molar-refractivity contribution < 1.29 is 9.53 Å². The normalized spacial score (nSPS) is 17.0. The van der Waals surface area contributed by atoms with E-state index in [1.165, 1.54) is 18.4 Å². The number of benzene rings is 2. The fraction of sp³-hybridized carbons (Fsp3) is 0.381. The summed E-state index contributed by atoms with van der Waals surface area (Å²) >= 11 is 6.08. The van der Waals surface area contributed by atoms with E-state index < -0.39 is 0 Å². The van der Waals surface area contributed by atoms with Crippen LogP contribution in [0.1, 0.15) is 40.2 Å². The summed E-state index contributed by atoms with van der Waals surface area (Å²) in [5.74, 6) is 1.26. The lowest BCUT2D eigenvalue weighted by molar-refractivity contribution is 0.0784. The lowest BCUT2D eigenvalue weighted by Crippen LogP contribution is -2.28. The van der Waals surface area contributed by atoms with Gasteiger partial charge in [0.1, 0.15) is 5.75 Å². The van der Waals surface area contributed by atoms with Crippen molar-refractivity contribution in [3.05, 3.63) is 64.2 Å². The lowest BCUT2D eigenvalue weighted by Gasteiger charge is -2.23. The fourth-order valence-electron chi connectivity index (χ4n) is 3.45. The van der Waals surface area contributed by atoms with E-state index >= 15 is 0 Å². The average Bonchev–Trinajstić information content (AvgIpc) is 2.68. The largest absolute Gasteiger partial charge is 0.496 e. The van der Waals surface area contributed by atoms with E-state index in [-0.39, 0.29) is 5.91 Å². The number of rotatable bonds is 5. The topological polar surface area (TPSA) is 41.6 Å². The van der Waals surface area contributed by atoms with Gasteiger partial charge < -0.3 is 15.0 Å². The summed E-state index contributed by atoms with van der Waals surface area (Å²) in [6, 6.07) is 13.5. The molecule has 3 rings (SSSR count). The van der Waals surface area contributed by atoms with Crippen LogP contribution in [0.4, 0.5) is 0 Å². The highest BCUT2D eigenvalue weighted by Gasteiger charge is 2.17. The Hall–Kier alpha value is -2.04. The predicted octanol–water partition coefficient (Wildman–Crippen LogP) is 4.09. The molecule has 2 aromatic rings. The van der Waals surface area contributed by atoms with Crippen LogP contribution >= 0.6 is 11.6 Å². The lowest BCUT2D eigenvalue weighted by atomic mass is 9.91. The second-order valence-corrected chi connectivity index (χ2v) is 7.22. The number of methoxy groups -OCH3 is 1. The number of piperidine rings is 1. The number of carbonyl (C=O) groups is 1. The number of nitrogens with zero attached hydrogens (tertiary/aromatic N) is 1. The van der Waals surface area contributed by atoms with Crippen molar-refractivity contribution in [1.82, 2.24) is 10.2 Å². The van der Waals surface area contributed by atoms with Gasteiger partial charge in [-0.2, -0.15) is 0 Å². The summed E-state index contributed by atoms with van der Waals surface area (Å²) in [5, 5.41) is 4.07. The third kappa shape index (κ3) is 4.37. The van der Waals surface area contributed by atoms with Crippen LogP contribution in [0, 0.1) is 0 Å². The summed E-state index contributed by atoms with van der Waals surface area (Å²) in [6.45, 7) is 2.56. The molecular weight excluding hydrogens is 348 g/mol. The summed E-state index contributed by atoms with van der Waals surface area (Å²) in [7, 11) is 3.41. The molecule has 1 saturated heterocycles. The molecule has 1 fully saturated rings. The maximum absolute atomic E-state index is 12.8. The summed E-state index contributed by atoms with van der Waals surface area (Å²) in [4.78, 5) is 14.4. The molecule has 1 heterocycles. The molecule has 0 bridgehead atoms. The van der Waals surface area contributed by atoms with E-state index in [9.17, 15) is 4.79 Å². The molecule has 0 saturated carbocycles. The summed E-state index contributed by atoms with van der Waals surface area (Å²) < 4.78 is 5.37. The Morgan fingerprint density at radius 2 is 2.04 bits per heavy atom. The van der Waals surface area contributed by atoms with Crippen molar-refractivity contribution >= 4 is 17.5 Å². The van der Waals surface area contributed by atoms with Gasteiger partial charge in [0.05, 0.1) is 7.11 Å². The van der Waals surface area contributed by atoms with Gasteiger partial charge in [0, 0.05) is 36.3 Å². The summed E-state index contributed by atoms with van der Waals surface area (Å²) in [5.41, 5.74) is 2.88. The third-order valence-corrected chi connectivity index (χ3v) is 5.16. The first-order valence-electron chi connectivity index (χ1n) is 8.97. The number of nitrogens with one attached hydrogen (secondary N) is 1. The number of halogens is 1. The van der Waals surface area contributed by atoms with Gasteiger partial charge >= 0.3 is 0 Å². The highest BCUT2D eigenvalue weighted by molar-refractivity contribution is 6.30. The smallest absolute Gasteiger partial charge is 0.253 e. The molecule has 4 nitrogen and oxygen atoms in total. The number of carbonyl (C=O) groups excluding carboxylic acids is 1.